The van der Waals surface area contributed by atoms with Crippen molar-refractivity contribution in [1.29, 1.82) is 0 Å². The molecule has 34 heavy (non-hydrogen) atoms. The molecule has 0 bridgehead atoms. The van der Waals surface area contributed by atoms with Crippen molar-refractivity contribution in [2.45, 2.75) is 51.4 Å². The van der Waals surface area contributed by atoms with E-state index in [1.165, 1.54) is 12.1 Å². The van der Waals surface area contributed by atoms with Crippen LogP contribution in [0.2, 0.25) is 0 Å². The number of methoxy groups -OCH3 is 1. The minimum absolute atomic E-state index is 0.235. The van der Waals surface area contributed by atoms with Gasteiger partial charge in [0.2, 0.25) is 0 Å². The van der Waals surface area contributed by atoms with Crippen molar-refractivity contribution in [1.82, 2.24) is 10.5 Å². The molecule has 0 radical (unpaired) electrons. The number of fused-ring (bicyclic) bond motifs is 1. The molecule has 1 aliphatic rings. The van der Waals surface area contributed by atoms with Crippen molar-refractivity contribution >= 4 is 16.8 Å². The molecule has 2 heterocycles. The molecule has 0 saturated carbocycles. The summed E-state index contributed by atoms with van der Waals surface area (Å²) in [6.45, 7) is 4.41. The smallest absolute Gasteiger partial charge is 0.170 e. The van der Waals surface area contributed by atoms with Gasteiger partial charge in [0.15, 0.2) is 17.1 Å². The molecule has 3 aromatic rings. The molecule has 2 unspecified atom stereocenters. The molecule has 182 valence electrons. The van der Waals surface area contributed by atoms with Gasteiger partial charge in [-0.2, -0.15) is 0 Å². The van der Waals surface area contributed by atoms with Crippen LogP contribution in [0, 0.1) is 11.7 Å². The second-order valence-corrected chi connectivity index (χ2v) is 9.01. The topological polar surface area (TPSA) is 73.6 Å². The summed E-state index contributed by atoms with van der Waals surface area (Å²) in [5, 5.41) is 8.69. The van der Waals surface area contributed by atoms with E-state index in [1.54, 1.807) is 13.2 Å². The number of rotatable bonds is 11. The maximum Gasteiger partial charge on any atom is 0.170 e. The van der Waals surface area contributed by atoms with Crippen LogP contribution in [-0.2, 0) is 11.2 Å². The molecule has 0 spiro atoms. The second-order valence-electron chi connectivity index (χ2n) is 9.01. The van der Waals surface area contributed by atoms with E-state index >= 15 is 0 Å². The third-order valence-corrected chi connectivity index (χ3v) is 6.56. The normalized spacial score (nSPS) is 18.2. The highest BCUT2D eigenvalue weighted by Gasteiger charge is 2.30. The van der Waals surface area contributed by atoms with Crippen LogP contribution in [0.4, 0.5) is 4.39 Å². The Labute approximate surface area is 199 Å². The zero-order chi connectivity index (χ0) is 23.9. The minimum Gasteiger partial charge on any atom is -0.493 e. The number of carbonyl (C=O) groups is 1. The van der Waals surface area contributed by atoms with Crippen LogP contribution < -0.4 is 14.8 Å². The summed E-state index contributed by atoms with van der Waals surface area (Å²) in [6, 6.07) is 10.3. The molecule has 0 aliphatic carbocycles. The first-order chi connectivity index (χ1) is 16.6. The third kappa shape index (κ3) is 5.76. The summed E-state index contributed by atoms with van der Waals surface area (Å²) in [7, 11) is 1.62. The fourth-order valence-electron chi connectivity index (χ4n) is 4.85. The van der Waals surface area contributed by atoms with Gasteiger partial charge in [-0.05, 0) is 74.5 Å². The summed E-state index contributed by atoms with van der Waals surface area (Å²) in [5.74, 6) is 1.92. The van der Waals surface area contributed by atoms with Gasteiger partial charge in [-0.15, -0.1) is 0 Å². The average molecular weight is 469 g/mol. The number of hydrogen-bond donors (Lipinski definition) is 1. The van der Waals surface area contributed by atoms with E-state index in [9.17, 15) is 9.18 Å². The Hall–Kier alpha value is -2.93. The predicted octanol–water partition coefficient (Wildman–Crippen LogP) is 5.44. The van der Waals surface area contributed by atoms with Crippen LogP contribution in [0.1, 0.15) is 56.2 Å². The molecule has 1 N–H and O–H groups in total. The van der Waals surface area contributed by atoms with Crippen LogP contribution in [0.15, 0.2) is 40.9 Å². The Morgan fingerprint density at radius 1 is 1.24 bits per heavy atom. The number of halogens is 1. The molecule has 0 amide bonds. The number of ether oxygens (including phenoxy) is 2. The van der Waals surface area contributed by atoms with E-state index in [0.717, 1.165) is 55.4 Å². The largest absolute Gasteiger partial charge is 0.493 e. The highest BCUT2D eigenvalue weighted by Crippen LogP contribution is 2.37. The zero-order valence-corrected chi connectivity index (χ0v) is 19.9. The van der Waals surface area contributed by atoms with Crippen LogP contribution in [0.5, 0.6) is 11.5 Å². The lowest BCUT2D eigenvalue weighted by Crippen LogP contribution is -2.35. The lowest BCUT2D eigenvalue weighted by atomic mass is 9.80. The molecule has 1 fully saturated rings. The first kappa shape index (κ1) is 24.2. The first-order valence-electron chi connectivity index (χ1n) is 12.2. The van der Waals surface area contributed by atoms with Crippen molar-refractivity contribution in [2.24, 2.45) is 5.92 Å². The van der Waals surface area contributed by atoms with E-state index in [4.69, 9.17) is 14.0 Å². The number of nitrogens with zero attached hydrogens (tertiary/aromatic N) is 1. The first-order valence-corrected chi connectivity index (χ1v) is 12.2. The molecular weight excluding hydrogens is 435 g/mol. The van der Waals surface area contributed by atoms with Gasteiger partial charge in [0.05, 0.1) is 19.4 Å². The zero-order valence-electron chi connectivity index (χ0n) is 19.9. The predicted molar refractivity (Wildman–Crippen MR) is 129 cm³/mol. The molecule has 7 heteroatoms. The van der Waals surface area contributed by atoms with Gasteiger partial charge in [-0.25, -0.2) is 4.39 Å². The summed E-state index contributed by atoms with van der Waals surface area (Å²) in [5.41, 5.74) is 2.37. The number of aromatic nitrogens is 1. The van der Waals surface area contributed by atoms with Gasteiger partial charge in [-0.3, -0.25) is 4.79 Å². The number of benzene rings is 2. The quantitative estimate of drug-likeness (QED) is 0.378. The molecule has 1 aliphatic heterocycles. The highest BCUT2D eigenvalue weighted by molar-refractivity contribution is 5.81. The molecule has 1 saturated heterocycles. The average Bonchev–Trinajstić information content (AvgIpc) is 3.25. The Bertz CT molecular complexity index is 1110. The van der Waals surface area contributed by atoms with Gasteiger partial charge in [-0.1, -0.05) is 18.1 Å². The number of piperidine rings is 1. The van der Waals surface area contributed by atoms with Gasteiger partial charge < -0.3 is 19.3 Å². The van der Waals surface area contributed by atoms with Crippen molar-refractivity contribution in [3.8, 4) is 11.5 Å². The van der Waals surface area contributed by atoms with E-state index in [-0.39, 0.29) is 17.5 Å². The molecule has 6 nitrogen and oxygen atoms in total. The Morgan fingerprint density at radius 2 is 2.12 bits per heavy atom. The molecule has 2 atom stereocenters. The summed E-state index contributed by atoms with van der Waals surface area (Å²) in [6.07, 6.45) is 4.70. The second kappa shape index (κ2) is 11.5. The summed E-state index contributed by atoms with van der Waals surface area (Å²) in [4.78, 5) is 12.0. The van der Waals surface area contributed by atoms with Crippen molar-refractivity contribution in [3.63, 3.8) is 0 Å². The standard InChI is InChI=1S/C27H33FN2O4/c1-3-5-21(31)14-18-7-10-24(26(15-18)32-2)33-13-4-6-19-17-29-12-11-22(19)27-23-9-8-20(28)16-25(23)34-30-27/h7-10,15-16,19,22,29H,3-6,11-14,17H2,1-2H3. The van der Waals surface area contributed by atoms with Crippen LogP contribution in [-0.4, -0.2) is 37.7 Å². The SMILES string of the molecule is CCCC(=O)Cc1ccc(OCCCC2CNCCC2c2noc3cc(F)ccc23)c(OC)c1. The maximum absolute atomic E-state index is 13.5. The van der Waals surface area contributed by atoms with Crippen LogP contribution in [0.3, 0.4) is 0 Å². The fraction of sp³-hybridized carbons (Fsp3) is 0.481. The van der Waals surface area contributed by atoms with Crippen molar-refractivity contribution in [3.05, 3.63) is 53.5 Å². The van der Waals surface area contributed by atoms with Crippen LogP contribution in [0.25, 0.3) is 11.0 Å². The maximum atomic E-state index is 13.5. The number of nitrogens with one attached hydrogen (secondary N) is 1. The molecule has 4 rings (SSSR count). The highest BCUT2D eigenvalue weighted by atomic mass is 19.1. The lowest BCUT2D eigenvalue weighted by Gasteiger charge is -2.31. The fourth-order valence-corrected chi connectivity index (χ4v) is 4.85. The Balaban J connectivity index is 1.34. The number of carbonyl (C=O) groups excluding carboxylic acids is 1. The van der Waals surface area contributed by atoms with Crippen molar-refractivity contribution < 1.29 is 23.2 Å². The summed E-state index contributed by atoms with van der Waals surface area (Å²) < 4.78 is 30.5. The monoisotopic (exact) mass is 468 g/mol. The minimum atomic E-state index is -0.315. The third-order valence-electron chi connectivity index (χ3n) is 6.56. The summed E-state index contributed by atoms with van der Waals surface area (Å²) >= 11 is 0. The Kier molecular flexibility index (Phi) is 8.16. The van der Waals surface area contributed by atoms with E-state index in [0.29, 0.717) is 42.4 Å². The molecule has 2 aromatic carbocycles. The molecule has 1 aromatic heterocycles. The van der Waals surface area contributed by atoms with E-state index in [1.807, 2.05) is 25.1 Å². The van der Waals surface area contributed by atoms with Gasteiger partial charge in [0.1, 0.15) is 11.6 Å². The lowest BCUT2D eigenvalue weighted by molar-refractivity contribution is -0.118. The van der Waals surface area contributed by atoms with Crippen LogP contribution >= 0.6 is 0 Å². The van der Waals surface area contributed by atoms with Gasteiger partial charge in [0.25, 0.3) is 0 Å². The number of hydrogen-bond acceptors (Lipinski definition) is 6. The number of Topliss-reactive ketones (excluding diaryl/α,β-unsaturated/α-hetero) is 1. The molecular formula is C27H33FN2O4. The Morgan fingerprint density at radius 3 is 2.94 bits per heavy atom. The van der Waals surface area contributed by atoms with E-state index in [2.05, 4.69) is 10.5 Å². The number of ketones is 1. The van der Waals surface area contributed by atoms with Gasteiger partial charge >= 0.3 is 0 Å². The van der Waals surface area contributed by atoms with E-state index < -0.39 is 0 Å². The van der Waals surface area contributed by atoms with Gasteiger partial charge in [0, 0.05) is 30.2 Å². The van der Waals surface area contributed by atoms with Crippen molar-refractivity contribution in [2.75, 3.05) is 26.8 Å².